The van der Waals surface area contributed by atoms with Gasteiger partial charge in [-0.2, -0.15) is 0 Å². The van der Waals surface area contributed by atoms with Crippen LogP contribution in [0.4, 0.5) is 5.95 Å². The Morgan fingerprint density at radius 2 is 2.00 bits per heavy atom. The lowest BCUT2D eigenvalue weighted by Gasteiger charge is -2.28. The summed E-state index contributed by atoms with van der Waals surface area (Å²) in [6.45, 7) is 0.494. The third-order valence-electron chi connectivity index (χ3n) is 4.02. The molecule has 0 amide bonds. The fraction of sp³-hybridized carbons (Fsp3) is 0.333. The average Bonchev–Trinajstić information content (AvgIpc) is 3.22. The highest BCUT2D eigenvalue weighted by Crippen LogP contribution is 2.42. The van der Waals surface area contributed by atoms with E-state index in [0.717, 1.165) is 24.4 Å². The molecular formula is C15H15BrClN3O. The van der Waals surface area contributed by atoms with Crippen LogP contribution in [0.5, 0.6) is 0 Å². The third-order valence-corrected chi connectivity index (χ3v) is 4.27. The Kier molecular flexibility index (Phi) is 3.67. The normalized spacial score (nSPS) is 23.6. The lowest BCUT2D eigenvalue weighted by Crippen LogP contribution is -3.00. The molecule has 1 saturated carbocycles. The van der Waals surface area contributed by atoms with Gasteiger partial charge in [0.25, 0.3) is 0 Å². The molecule has 1 aliphatic carbocycles. The van der Waals surface area contributed by atoms with E-state index in [-0.39, 0.29) is 17.0 Å². The zero-order chi connectivity index (χ0) is 13.7. The molecule has 1 aromatic heterocycles. The first kappa shape index (κ1) is 14.8. The van der Waals surface area contributed by atoms with Crippen molar-refractivity contribution < 1.29 is 26.7 Å². The van der Waals surface area contributed by atoms with E-state index in [1.807, 2.05) is 41.1 Å². The van der Waals surface area contributed by atoms with Crippen molar-refractivity contribution in [1.29, 1.82) is 0 Å². The van der Waals surface area contributed by atoms with Gasteiger partial charge < -0.3 is 22.1 Å². The van der Waals surface area contributed by atoms with Crippen LogP contribution in [0.1, 0.15) is 18.4 Å². The summed E-state index contributed by atoms with van der Waals surface area (Å²) in [4.78, 5) is 6.50. The van der Waals surface area contributed by atoms with Crippen LogP contribution in [0.15, 0.2) is 42.7 Å². The second kappa shape index (κ2) is 5.23. The average molecular weight is 369 g/mol. The minimum absolute atomic E-state index is 0. The predicted molar refractivity (Wildman–Crippen MR) is 75.3 cm³/mol. The number of hydrogen-bond acceptors (Lipinski definition) is 3. The molecule has 0 saturated heterocycles. The second-order valence-corrected chi connectivity index (χ2v) is 5.91. The molecule has 0 bridgehead atoms. The Morgan fingerprint density at radius 3 is 2.67 bits per heavy atom. The molecule has 1 aromatic carbocycles. The van der Waals surface area contributed by atoms with Crippen molar-refractivity contribution in [1.82, 2.24) is 4.98 Å². The van der Waals surface area contributed by atoms with E-state index in [4.69, 9.17) is 11.6 Å². The predicted octanol–water partition coefficient (Wildman–Crippen LogP) is -1.15. The number of aromatic nitrogens is 2. The minimum Gasteiger partial charge on any atom is -1.00 e. The second-order valence-electron chi connectivity index (χ2n) is 5.47. The zero-order valence-corrected chi connectivity index (χ0v) is 13.6. The van der Waals surface area contributed by atoms with Crippen molar-refractivity contribution in [2.75, 3.05) is 4.90 Å². The van der Waals surface area contributed by atoms with E-state index < -0.39 is 5.72 Å². The SMILES string of the molecule is O[C@@]1(c2ccc(Cl)cc2)C[n+]2cccnc2N1C1CC1.[Br-]. The summed E-state index contributed by atoms with van der Waals surface area (Å²) < 4.78 is 2.01. The summed E-state index contributed by atoms with van der Waals surface area (Å²) in [6, 6.07) is 9.69. The van der Waals surface area contributed by atoms with Crippen LogP contribution in [0.2, 0.25) is 5.02 Å². The summed E-state index contributed by atoms with van der Waals surface area (Å²) >= 11 is 5.95. The maximum absolute atomic E-state index is 11.3. The maximum atomic E-state index is 11.3. The molecule has 2 heterocycles. The summed E-state index contributed by atoms with van der Waals surface area (Å²) in [5.41, 5.74) is -0.174. The van der Waals surface area contributed by atoms with Gasteiger partial charge in [-0.05, 0) is 25.0 Å². The van der Waals surface area contributed by atoms with Gasteiger partial charge in [0.15, 0.2) is 0 Å². The van der Waals surface area contributed by atoms with Crippen molar-refractivity contribution >= 4 is 17.5 Å². The number of nitrogens with zero attached hydrogens (tertiary/aromatic N) is 3. The number of anilines is 1. The van der Waals surface area contributed by atoms with Crippen LogP contribution >= 0.6 is 11.6 Å². The molecule has 110 valence electrons. The molecule has 6 heteroatoms. The number of benzene rings is 1. The summed E-state index contributed by atoms with van der Waals surface area (Å²) in [7, 11) is 0. The number of rotatable bonds is 2. The van der Waals surface area contributed by atoms with Gasteiger partial charge in [0.2, 0.25) is 5.72 Å². The fourth-order valence-electron chi connectivity index (χ4n) is 2.94. The molecule has 21 heavy (non-hydrogen) atoms. The highest BCUT2D eigenvalue weighted by Gasteiger charge is 2.57. The largest absolute Gasteiger partial charge is 1.00 e. The Labute approximate surface area is 138 Å². The Morgan fingerprint density at radius 1 is 1.29 bits per heavy atom. The molecule has 0 unspecified atom stereocenters. The van der Waals surface area contributed by atoms with Gasteiger partial charge in [-0.3, -0.25) is 0 Å². The summed E-state index contributed by atoms with van der Waals surface area (Å²) in [5.74, 6) is 0.840. The van der Waals surface area contributed by atoms with Gasteiger partial charge >= 0.3 is 5.95 Å². The van der Waals surface area contributed by atoms with Crippen LogP contribution in [0.3, 0.4) is 0 Å². The molecule has 4 nitrogen and oxygen atoms in total. The molecule has 1 N–H and O–H groups in total. The highest BCUT2D eigenvalue weighted by molar-refractivity contribution is 6.30. The molecular weight excluding hydrogens is 354 g/mol. The fourth-order valence-corrected chi connectivity index (χ4v) is 3.07. The lowest BCUT2D eigenvalue weighted by atomic mass is 10.0. The minimum atomic E-state index is -1.03. The smallest absolute Gasteiger partial charge is 0.397 e. The van der Waals surface area contributed by atoms with Gasteiger partial charge in [-0.25, -0.2) is 9.47 Å². The number of aliphatic hydroxyl groups is 1. The van der Waals surface area contributed by atoms with Crippen molar-refractivity contribution in [3.63, 3.8) is 0 Å². The van der Waals surface area contributed by atoms with Gasteiger partial charge in [0, 0.05) is 16.7 Å². The molecule has 1 aliphatic heterocycles. The number of halogens is 2. The van der Waals surface area contributed by atoms with Gasteiger partial charge in [0.1, 0.15) is 12.7 Å². The first-order valence-electron chi connectivity index (χ1n) is 6.81. The van der Waals surface area contributed by atoms with Crippen molar-refractivity contribution in [2.24, 2.45) is 0 Å². The number of fused-ring (bicyclic) bond motifs is 1. The molecule has 0 spiro atoms. The molecule has 1 fully saturated rings. The topological polar surface area (TPSA) is 40.2 Å². The molecule has 1 atom stereocenters. The van der Waals surface area contributed by atoms with Crippen molar-refractivity contribution in [3.05, 3.63) is 53.3 Å². The highest BCUT2D eigenvalue weighted by atomic mass is 79.9. The van der Waals surface area contributed by atoms with Crippen LogP contribution in [-0.4, -0.2) is 16.1 Å². The quantitative estimate of drug-likeness (QED) is 0.681. The van der Waals surface area contributed by atoms with E-state index in [9.17, 15) is 5.11 Å². The first-order chi connectivity index (χ1) is 9.68. The van der Waals surface area contributed by atoms with Crippen LogP contribution in [0, 0.1) is 0 Å². The molecule has 2 aromatic rings. The summed E-state index contributed by atoms with van der Waals surface area (Å²) in [5, 5.41) is 11.9. The first-order valence-corrected chi connectivity index (χ1v) is 7.18. The summed E-state index contributed by atoms with van der Waals surface area (Å²) in [6.07, 6.45) is 5.94. The maximum Gasteiger partial charge on any atom is 0.397 e. The van der Waals surface area contributed by atoms with Crippen LogP contribution in [0.25, 0.3) is 0 Å². The Hall–Kier alpha value is -1.17. The molecule has 2 aliphatic rings. The van der Waals surface area contributed by atoms with Gasteiger partial charge in [0.05, 0.1) is 12.2 Å². The van der Waals surface area contributed by atoms with Crippen LogP contribution < -0.4 is 26.4 Å². The Balaban J connectivity index is 0.00000132. The van der Waals surface area contributed by atoms with Gasteiger partial charge in [-0.1, -0.05) is 28.7 Å². The van der Waals surface area contributed by atoms with E-state index in [2.05, 4.69) is 9.88 Å². The lowest BCUT2D eigenvalue weighted by molar-refractivity contribution is -0.685. The zero-order valence-electron chi connectivity index (χ0n) is 11.3. The van der Waals surface area contributed by atoms with E-state index >= 15 is 0 Å². The standard InChI is InChI=1S/C15H15ClN3O.BrH/c16-12-4-2-11(3-5-12)15(20)10-18-9-1-8-17-14(18)19(15)13-6-7-13;/h1-5,8-9,13,20H,6-7,10H2;1H/q+1;/p-1/t15-;/m1./s1. The molecule has 0 radical (unpaired) electrons. The van der Waals surface area contributed by atoms with E-state index in [0.29, 0.717) is 17.6 Å². The number of hydrogen-bond donors (Lipinski definition) is 1. The van der Waals surface area contributed by atoms with Crippen molar-refractivity contribution in [2.45, 2.75) is 31.2 Å². The molecule has 4 rings (SSSR count). The van der Waals surface area contributed by atoms with Crippen LogP contribution in [-0.2, 0) is 12.3 Å². The van der Waals surface area contributed by atoms with E-state index in [1.165, 1.54) is 0 Å². The van der Waals surface area contributed by atoms with E-state index in [1.54, 1.807) is 6.20 Å². The monoisotopic (exact) mass is 367 g/mol. The Bertz CT molecular complexity index is 662. The van der Waals surface area contributed by atoms with Crippen molar-refractivity contribution in [3.8, 4) is 0 Å². The van der Waals surface area contributed by atoms with Gasteiger partial charge in [-0.15, -0.1) is 0 Å². The third kappa shape index (κ3) is 2.33.